The van der Waals surface area contributed by atoms with E-state index in [4.69, 9.17) is 24.2 Å². The Kier molecular flexibility index (Phi) is 7.40. The van der Waals surface area contributed by atoms with Crippen LogP contribution in [0.15, 0.2) is 42.6 Å². The zero-order valence-electron chi connectivity index (χ0n) is 22.5. The number of nitrogens with zero attached hydrogens (tertiary/aromatic N) is 3. The van der Waals surface area contributed by atoms with Gasteiger partial charge in [-0.25, -0.2) is 4.98 Å². The lowest BCUT2D eigenvalue weighted by Gasteiger charge is -2.39. The van der Waals surface area contributed by atoms with Gasteiger partial charge in [0.1, 0.15) is 23.1 Å². The van der Waals surface area contributed by atoms with Gasteiger partial charge in [-0.15, -0.1) is 0 Å². The minimum absolute atomic E-state index is 0.0571. The van der Waals surface area contributed by atoms with Crippen LogP contribution in [-0.4, -0.2) is 73.2 Å². The van der Waals surface area contributed by atoms with Crippen molar-refractivity contribution >= 4 is 16.7 Å². The van der Waals surface area contributed by atoms with Gasteiger partial charge in [0, 0.05) is 43.0 Å². The summed E-state index contributed by atoms with van der Waals surface area (Å²) in [5.41, 5.74) is 6.24. The molecular weight excluding hydrogens is 482 g/mol. The molecule has 0 aliphatic carbocycles. The third kappa shape index (κ3) is 4.87. The molecule has 2 aromatic heterocycles. The number of aromatic amines is 1. The number of piperidine rings is 1. The number of aliphatic hydroxyl groups excluding tert-OH is 1. The molecule has 5 rings (SSSR count). The SMILES string of the molecule is CCN[C@@H]1CCN(c2c(-c3cc(OC)cc(OC)c3)cnc(C)c2-c2nc3ccc(OC)cc3[nH]2)C[C@@H]1O. The van der Waals surface area contributed by atoms with Crippen LogP contribution in [0.25, 0.3) is 33.5 Å². The number of aliphatic hydroxyl groups is 1. The Morgan fingerprint density at radius 1 is 1.05 bits per heavy atom. The van der Waals surface area contributed by atoms with Gasteiger partial charge in [-0.2, -0.15) is 0 Å². The molecule has 9 heteroatoms. The number of nitrogens with one attached hydrogen (secondary N) is 2. The normalized spacial score (nSPS) is 17.6. The largest absolute Gasteiger partial charge is 0.497 e. The Bertz CT molecular complexity index is 1410. The van der Waals surface area contributed by atoms with E-state index in [1.807, 2.05) is 49.5 Å². The number of hydrogen-bond acceptors (Lipinski definition) is 8. The molecule has 4 aromatic rings. The van der Waals surface area contributed by atoms with E-state index >= 15 is 0 Å². The van der Waals surface area contributed by atoms with Crippen molar-refractivity contribution < 1.29 is 19.3 Å². The fourth-order valence-corrected chi connectivity index (χ4v) is 5.25. The summed E-state index contributed by atoms with van der Waals surface area (Å²) >= 11 is 0. The second-order valence-electron chi connectivity index (χ2n) is 9.52. The average Bonchev–Trinajstić information content (AvgIpc) is 3.36. The molecule has 0 unspecified atom stereocenters. The number of H-pyrrole nitrogens is 1. The zero-order valence-corrected chi connectivity index (χ0v) is 22.5. The molecule has 9 nitrogen and oxygen atoms in total. The number of hydrogen-bond donors (Lipinski definition) is 3. The highest BCUT2D eigenvalue weighted by Gasteiger charge is 2.31. The summed E-state index contributed by atoms with van der Waals surface area (Å²) in [7, 11) is 4.93. The molecule has 0 amide bonds. The molecule has 0 radical (unpaired) electrons. The minimum Gasteiger partial charge on any atom is -0.497 e. The van der Waals surface area contributed by atoms with Crippen molar-refractivity contribution in [3.05, 3.63) is 48.3 Å². The first-order valence-corrected chi connectivity index (χ1v) is 12.9. The summed E-state index contributed by atoms with van der Waals surface area (Å²) in [5, 5.41) is 14.5. The van der Waals surface area contributed by atoms with Crippen molar-refractivity contribution in [2.45, 2.75) is 32.4 Å². The van der Waals surface area contributed by atoms with Gasteiger partial charge in [0.25, 0.3) is 0 Å². The Labute approximate surface area is 222 Å². The standard InChI is InChI=1S/C29H35N5O4/c1-6-30-24-9-10-34(16-26(24)35)28-22(18-11-20(37-4)13-21(12-18)38-5)15-31-17(2)27(28)29-32-23-8-7-19(36-3)14-25(23)33-29/h7-8,11-15,24,26,30,35H,6,9-10,16H2,1-5H3,(H,32,33)/t24-,26+/m1/s1. The van der Waals surface area contributed by atoms with E-state index in [9.17, 15) is 5.11 Å². The van der Waals surface area contributed by atoms with Crippen LogP contribution < -0.4 is 24.4 Å². The molecule has 2 atom stereocenters. The van der Waals surface area contributed by atoms with E-state index in [1.165, 1.54) is 0 Å². The van der Waals surface area contributed by atoms with Crippen LogP contribution in [0.5, 0.6) is 17.2 Å². The van der Waals surface area contributed by atoms with Crippen LogP contribution in [0.1, 0.15) is 19.0 Å². The number of ether oxygens (including phenoxy) is 3. The van der Waals surface area contributed by atoms with Crippen molar-refractivity contribution in [3.8, 4) is 39.8 Å². The van der Waals surface area contributed by atoms with E-state index in [0.29, 0.717) is 23.9 Å². The van der Waals surface area contributed by atoms with Crippen LogP contribution in [0.3, 0.4) is 0 Å². The fraction of sp³-hybridized carbons (Fsp3) is 0.379. The van der Waals surface area contributed by atoms with E-state index in [0.717, 1.165) is 64.4 Å². The minimum atomic E-state index is -0.516. The van der Waals surface area contributed by atoms with Crippen molar-refractivity contribution in [1.29, 1.82) is 0 Å². The lowest BCUT2D eigenvalue weighted by molar-refractivity contribution is 0.115. The molecule has 1 saturated heterocycles. The number of fused-ring (bicyclic) bond motifs is 1. The smallest absolute Gasteiger partial charge is 0.142 e. The molecule has 3 heterocycles. The number of pyridine rings is 1. The second-order valence-corrected chi connectivity index (χ2v) is 9.52. The maximum atomic E-state index is 11.1. The summed E-state index contributed by atoms with van der Waals surface area (Å²) in [4.78, 5) is 15.5. The number of aryl methyl sites for hydroxylation is 1. The first-order valence-electron chi connectivity index (χ1n) is 12.9. The molecule has 0 spiro atoms. The Morgan fingerprint density at radius 3 is 2.45 bits per heavy atom. The fourth-order valence-electron chi connectivity index (χ4n) is 5.25. The van der Waals surface area contributed by atoms with Crippen LogP contribution >= 0.6 is 0 Å². The lowest BCUT2D eigenvalue weighted by Crippen LogP contribution is -2.53. The average molecular weight is 518 g/mol. The molecular formula is C29H35N5O4. The summed E-state index contributed by atoms with van der Waals surface area (Å²) in [6, 6.07) is 11.7. The maximum absolute atomic E-state index is 11.1. The Morgan fingerprint density at radius 2 is 1.79 bits per heavy atom. The summed E-state index contributed by atoms with van der Waals surface area (Å²) in [5.74, 6) is 2.85. The number of anilines is 1. The third-order valence-corrected chi connectivity index (χ3v) is 7.19. The number of β-amino-alcohol motifs (C(OH)–C–C–N with tert-alkyl or cyclic N) is 1. The number of likely N-dealkylation sites (N-methyl/N-ethyl adjacent to an activating group) is 1. The molecule has 1 aliphatic heterocycles. The molecule has 38 heavy (non-hydrogen) atoms. The zero-order chi connectivity index (χ0) is 26.8. The third-order valence-electron chi connectivity index (χ3n) is 7.19. The van der Waals surface area contributed by atoms with E-state index in [1.54, 1.807) is 21.3 Å². The van der Waals surface area contributed by atoms with E-state index in [-0.39, 0.29) is 6.04 Å². The van der Waals surface area contributed by atoms with Gasteiger partial charge >= 0.3 is 0 Å². The van der Waals surface area contributed by atoms with Crippen LogP contribution in [-0.2, 0) is 0 Å². The van der Waals surface area contributed by atoms with Gasteiger partial charge in [0.15, 0.2) is 0 Å². The monoisotopic (exact) mass is 517 g/mol. The highest BCUT2D eigenvalue weighted by molar-refractivity contribution is 5.93. The van der Waals surface area contributed by atoms with Gasteiger partial charge in [-0.3, -0.25) is 4.98 Å². The summed E-state index contributed by atoms with van der Waals surface area (Å²) in [6.45, 7) is 6.13. The number of benzene rings is 2. The van der Waals surface area contributed by atoms with Crippen molar-refractivity contribution in [2.75, 3.05) is 45.9 Å². The maximum Gasteiger partial charge on any atom is 0.142 e. The van der Waals surface area contributed by atoms with Gasteiger partial charge in [0.05, 0.1) is 55.4 Å². The van der Waals surface area contributed by atoms with Gasteiger partial charge < -0.3 is 34.5 Å². The Hall–Kier alpha value is -3.82. The highest BCUT2D eigenvalue weighted by atomic mass is 16.5. The second kappa shape index (κ2) is 10.9. The molecule has 2 aromatic carbocycles. The van der Waals surface area contributed by atoms with Crippen molar-refractivity contribution in [3.63, 3.8) is 0 Å². The molecule has 1 aliphatic rings. The first-order chi connectivity index (χ1) is 18.4. The number of rotatable bonds is 8. The van der Waals surface area contributed by atoms with Gasteiger partial charge in [0.2, 0.25) is 0 Å². The van der Waals surface area contributed by atoms with Crippen LogP contribution in [0.4, 0.5) is 5.69 Å². The lowest BCUT2D eigenvalue weighted by atomic mass is 9.95. The van der Waals surface area contributed by atoms with Crippen LogP contribution in [0, 0.1) is 6.92 Å². The molecule has 0 saturated carbocycles. The van der Waals surface area contributed by atoms with Crippen LogP contribution in [0.2, 0.25) is 0 Å². The number of aromatic nitrogens is 3. The van der Waals surface area contributed by atoms with Gasteiger partial charge in [-0.05, 0) is 49.7 Å². The Balaban J connectivity index is 1.71. The first kappa shape index (κ1) is 25.8. The summed E-state index contributed by atoms with van der Waals surface area (Å²) < 4.78 is 16.6. The number of methoxy groups -OCH3 is 3. The topological polar surface area (TPSA) is 105 Å². The van der Waals surface area contributed by atoms with E-state index in [2.05, 4.69) is 22.1 Å². The quantitative estimate of drug-likeness (QED) is 0.320. The molecule has 3 N–H and O–H groups in total. The molecule has 1 fully saturated rings. The number of imidazole rings is 1. The van der Waals surface area contributed by atoms with E-state index < -0.39 is 6.10 Å². The molecule has 200 valence electrons. The predicted molar refractivity (Wildman–Crippen MR) is 149 cm³/mol. The van der Waals surface area contributed by atoms with Gasteiger partial charge in [-0.1, -0.05) is 6.92 Å². The van der Waals surface area contributed by atoms with Crippen molar-refractivity contribution in [2.24, 2.45) is 0 Å². The highest BCUT2D eigenvalue weighted by Crippen LogP contribution is 2.43. The molecule has 0 bridgehead atoms. The predicted octanol–water partition coefficient (Wildman–Crippen LogP) is 4.18. The van der Waals surface area contributed by atoms with Crippen molar-refractivity contribution in [1.82, 2.24) is 20.3 Å². The summed E-state index contributed by atoms with van der Waals surface area (Å²) in [6.07, 6.45) is 2.18.